The zero-order chi connectivity index (χ0) is 15.8. The molecule has 1 N–H and O–H groups in total. The molecule has 114 valence electrons. The Balaban J connectivity index is 2.59. The van der Waals surface area contributed by atoms with Crippen molar-refractivity contribution in [1.29, 1.82) is 0 Å². The molecule has 0 saturated heterocycles. The van der Waals surface area contributed by atoms with E-state index in [4.69, 9.17) is 0 Å². The Morgan fingerprint density at radius 2 is 2.14 bits per heavy atom. The molecule has 1 aromatic carbocycles. The topological polar surface area (TPSA) is 55.8 Å². The molecule has 0 aliphatic carbocycles. The molecular weight excluding hydrogens is 357 g/mol. The van der Waals surface area contributed by atoms with Crippen molar-refractivity contribution in [1.82, 2.24) is 0 Å². The molecule has 0 amide bonds. The Hall–Kier alpha value is -1.54. The molecule has 1 heterocycles. The number of carbonyl (C=O) groups is 1. The van der Waals surface area contributed by atoms with Gasteiger partial charge < -0.3 is 14.6 Å². The standard InChI is InChI=1S/C13H10BrF3O4/c1-2-20-11(18)9-6-7-5-8(14)3-4-10(7)21-12(9,19)13(15,16)17/h3-6,19H,2H2,1H3. The number of halogens is 4. The van der Waals surface area contributed by atoms with Crippen molar-refractivity contribution in [3.63, 3.8) is 0 Å². The van der Waals surface area contributed by atoms with Gasteiger partial charge in [0.2, 0.25) is 0 Å². The monoisotopic (exact) mass is 366 g/mol. The summed E-state index contributed by atoms with van der Waals surface area (Å²) in [5.74, 6) is -5.21. The summed E-state index contributed by atoms with van der Waals surface area (Å²) in [5.41, 5.74) is -0.788. The van der Waals surface area contributed by atoms with Crippen molar-refractivity contribution in [2.24, 2.45) is 0 Å². The quantitative estimate of drug-likeness (QED) is 0.817. The van der Waals surface area contributed by atoms with E-state index in [1.165, 1.54) is 25.1 Å². The molecule has 1 atom stereocenters. The second-order valence-corrected chi connectivity index (χ2v) is 5.12. The first kappa shape index (κ1) is 15.8. The van der Waals surface area contributed by atoms with Crippen LogP contribution in [0.4, 0.5) is 13.2 Å². The maximum absolute atomic E-state index is 13.1. The van der Waals surface area contributed by atoms with Gasteiger partial charge in [-0.2, -0.15) is 13.2 Å². The van der Waals surface area contributed by atoms with Gasteiger partial charge in [-0.05, 0) is 31.2 Å². The van der Waals surface area contributed by atoms with E-state index in [9.17, 15) is 23.1 Å². The van der Waals surface area contributed by atoms with E-state index in [0.29, 0.717) is 4.47 Å². The average molecular weight is 367 g/mol. The van der Waals surface area contributed by atoms with Gasteiger partial charge in [-0.3, -0.25) is 0 Å². The third-order valence-electron chi connectivity index (χ3n) is 2.77. The van der Waals surface area contributed by atoms with Gasteiger partial charge >= 0.3 is 17.9 Å². The lowest BCUT2D eigenvalue weighted by atomic mass is 9.98. The van der Waals surface area contributed by atoms with E-state index < -0.39 is 23.5 Å². The first-order chi connectivity index (χ1) is 9.69. The Morgan fingerprint density at radius 1 is 1.48 bits per heavy atom. The second-order valence-electron chi connectivity index (χ2n) is 4.20. The summed E-state index contributed by atoms with van der Waals surface area (Å²) < 4.78 is 49.2. The fraction of sp³-hybridized carbons (Fsp3) is 0.308. The van der Waals surface area contributed by atoms with Crippen molar-refractivity contribution in [2.45, 2.75) is 18.9 Å². The molecule has 1 aliphatic rings. The lowest BCUT2D eigenvalue weighted by Gasteiger charge is -2.35. The Bertz CT molecular complexity index is 612. The fourth-order valence-electron chi connectivity index (χ4n) is 1.81. The summed E-state index contributed by atoms with van der Waals surface area (Å²) in [7, 11) is 0. The normalized spacial score (nSPS) is 21.1. The number of benzene rings is 1. The average Bonchev–Trinajstić information content (AvgIpc) is 2.37. The van der Waals surface area contributed by atoms with Crippen LogP contribution in [0.1, 0.15) is 12.5 Å². The molecule has 0 aromatic heterocycles. The predicted octanol–water partition coefficient (Wildman–Crippen LogP) is 3.04. The van der Waals surface area contributed by atoms with E-state index in [0.717, 1.165) is 6.08 Å². The van der Waals surface area contributed by atoms with Gasteiger partial charge in [0, 0.05) is 10.0 Å². The van der Waals surface area contributed by atoms with E-state index in [-0.39, 0.29) is 17.9 Å². The fourth-order valence-corrected chi connectivity index (χ4v) is 2.19. The van der Waals surface area contributed by atoms with Gasteiger partial charge in [0.1, 0.15) is 11.3 Å². The van der Waals surface area contributed by atoms with Crippen molar-refractivity contribution in [3.8, 4) is 5.75 Å². The van der Waals surface area contributed by atoms with Crippen molar-refractivity contribution in [3.05, 3.63) is 33.8 Å². The molecule has 0 fully saturated rings. The SMILES string of the molecule is CCOC(=O)C1=Cc2cc(Br)ccc2OC1(O)C(F)(F)F. The van der Waals surface area contributed by atoms with E-state index in [1.807, 2.05) is 0 Å². The van der Waals surface area contributed by atoms with Gasteiger partial charge in [-0.25, -0.2) is 4.79 Å². The van der Waals surface area contributed by atoms with E-state index in [2.05, 4.69) is 25.4 Å². The summed E-state index contributed by atoms with van der Waals surface area (Å²) in [6, 6.07) is 4.18. The second kappa shape index (κ2) is 5.34. The van der Waals surface area contributed by atoms with Gasteiger partial charge in [-0.15, -0.1) is 0 Å². The molecule has 0 spiro atoms. The first-order valence-electron chi connectivity index (χ1n) is 5.86. The van der Waals surface area contributed by atoms with Gasteiger partial charge in [0.25, 0.3) is 0 Å². The van der Waals surface area contributed by atoms with Gasteiger partial charge in [-0.1, -0.05) is 15.9 Å². The summed E-state index contributed by atoms with van der Waals surface area (Å²) in [4.78, 5) is 11.7. The smallest absolute Gasteiger partial charge is 0.460 e. The highest BCUT2D eigenvalue weighted by atomic mass is 79.9. The molecule has 0 saturated carbocycles. The lowest BCUT2D eigenvalue weighted by molar-refractivity contribution is -0.316. The van der Waals surface area contributed by atoms with E-state index in [1.54, 1.807) is 0 Å². The van der Waals surface area contributed by atoms with Gasteiger partial charge in [0.15, 0.2) is 0 Å². The minimum atomic E-state index is -5.20. The number of esters is 1. The van der Waals surface area contributed by atoms with Crippen LogP contribution in [0.25, 0.3) is 6.08 Å². The molecule has 1 unspecified atom stereocenters. The van der Waals surface area contributed by atoms with Crippen LogP contribution in [0.2, 0.25) is 0 Å². The van der Waals surface area contributed by atoms with Crippen LogP contribution in [0.3, 0.4) is 0 Å². The molecule has 1 aromatic rings. The molecule has 8 heteroatoms. The summed E-state index contributed by atoms with van der Waals surface area (Å²) >= 11 is 3.16. The van der Waals surface area contributed by atoms with Gasteiger partial charge in [0.05, 0.1) is 6.61 Å². The highest BCUT2D eigenvalue weighted by Crippen LogP contribution is 2.44. The van der Waals surface area contributed by atoms with Crippen LogP contribution >= 0.6 is 15.9 Å². The van der Waals surface area contributed by atoms with Crippen molar-refractivity contribution in [2.75, 3.05) is 6.61 Å². The first-order valence-corrected chi connectivity index (χ1v) is 6.65. The number of alkyl halides is 3. The summed E-state index contributed by atoms with van der Waals surface area (Å²) in [5, 5.41) is 9.85. The lowest BCUT2D eigenvalue weighted by Crippen LogP contribution is -2.55. The minimum absolute atomic E-state index is 0.130. The molecular formula is C13H10BrF3O4. The Labute approximate surface area is 126 Å². The Morgan fingerprint density at radius 3 is 2.71 bits per heavy atom. The molecule has 2 rings (SSSR count). The predicted molar refractivity (Wildman–Crippen MR) is 70.4 cm³/mol. The molecule has 1 aliphatic heterocycles. The summed E-state index contributed by atoms with van der Waals surface area (Å²) in [6.45, 7) is 1.31. The number of hydrogen-bond donors (Lipinski definition) is 1. The van der Waals surface area contributed by atoms with Crippen LogP contribution in [-0.2, 0) is 9.53 Å². The maximum atomic E-state index is 13.1. The largest absolute Gasteiger partial charge is 0.462 e. The zero-order valence-electron chi connectivity index (χ0n) is 10.7. The van der Waals surface area contributed by atoms with Crippen LogP contribution in [0.5, 0.6) is 5.75 Å². The number of carbonyl (C=O) groups excluding carboxylic acids is 1. The zero-order valence-corrected chi connectivity index (χ0v) is 12.3. The highest BCUT2D eigenvalue weighted by molar-refractivity contribution is 9.10. The third-order valence-corrected chi connectivity index (χ3v) is 3.27. The van der Waals surface area contributed by atoms with Crippen LogP contribution in [0, 0.1) is 0 Å². The third kappa shape index (κ3) is 2.77. The molecule has 0 bridgehead atoms. The van der Waals surface area contributed by atoms with Crippen LogP contribution in [-0.4, -0.2) is 29.6 Å². The van der Waals surface area contributed by atoms with Crippen LogP contribution in [0.15, 0.2) is 28.2 Å². The molecule has 4 nitrogen and oxygen atoms in total. The maximum Gasteiger partial charge on any atom is 0.460 e. The highest BCUT2D eigenvalue weighted by Gasteiger charge is 2.63. The van der Waals surface area contributed by atoms with Crippen molar-refractivity contribution >= 4 is 28.0 Å². The number of fused-ring (bicyclic) bond motifs is 1. The molecule has 21 heavy (non-hydrogen) atoms. The summed E-state index contributed by atoms with van der Waals surface area (Å²) in [6.07, 6.45) is -4.29. The van der Waals surface area contributed by atoms with Crippen molar-refractivity contribution < 1.29 is 32.5 Å². The number of rotatable bonds is 2. The Kier molecular flexibility index (Phi) is 4.03. The number of hydrogen-bond acceptors (Lipinski definition) is 4. The number of aliphatic hydroxyl groups is 1. The molecule has 0 radical (unpaired) electrons. The van der Waals surface area contributed by atoms with Crippen LogP contribution < -0.4 is 4.74 Å². The number of ether oxygens (including phenoxy) is 2. The minimum Gasteiger partial charge on any atom is -0.462 e. The van der Waals surface area contributed by atoms with E-state index >= 15 is 0 Å².